The average molecular weight is 224 g/mol. The lowest BCUT2D eigenvalue weighted by Gasteiger charge is -2.44. The largest absolute Gasteiger partial charge is 0.333 e. The zero-order chi connectivity index (χ0) is 11.8. The van der Waals surface area contributed by atoms with Gasteiger partial charge in [0.1, 0.15) is 0 Å². The van der Waals surface area contributed by atoms with Crippen LogP contribution in [0.5, 0.6) is 0 Å². The minimum atomic E-state index is 0.134. The summed E-state index contributed by atoms with van der Waals surface area (Å²) in [6.07, 6.45) is 6.14. The molecule has 0 radical (unpaired) electrons. The van der Waals surface area contributed by atoms with Gasteiger partial charge < -0.3 is 10.2 Å². The Morgan fingerprint density at radius 2 is 2.12 bits per heavy atom. The number of likely N-dealkylation sites (tertiary alicyclic amines) is 1. The first-order chi connectivity index (χ1) is 7.60. The van der Waals surface area contributed by atoms with Crippen molar-refractivity contribution in [2.24, 2.45) is 5.92 Å². The zero-order valence-corrected chi connectivity index (χ0v) is 10.8. The van der Waals surface area contributed by atoms with Crippen molar-refractivity contribution < 1.29 is 4.79 Å². The number of carbonyl (C=O) groups excluding carboxylic acids is 1. The highest BCUT2D eigenvalue weighted by atomic mass is 16.2. The lowest BCUT2D eigenvalue weighted by molar-refractivity contribution is -0.142. The Morgan fingerprint density at radius 1 is 1.44 bits per heavy atom. The molecule has 0 aromatic carbocycles. The van der Waals surface area contributed by atoms with Gasteiger partial charge in [-0.3, -0.25) is 4.79 Å². The molecule has 1 heterocycles. The van der Waals surface area contributed by atoms with E-state index in [1.165, 1.54) is 32.1 Å². The Labute approximate surface area is 98.6 Å². The molecule has 2 fully saturated rings. The van der Waals surface area contributed by atoms with Gasteiger partial charge in [0.05, 0.1) is 0 Å². The van der Waals surface area contributed by atoms with E-state index >= 15 is 0 Å². The number of nitrogens with one attached hydrogen (secondary N) is 1. The maximum absolute atomic E-state index is 12.3. The highest BCUT2D eigenvalue weighted by Gasteiger charge is 2.53. The van der Waals surface area contributed by atoms with Crippen LogP contribution in [0.3, 0.4) is 0 Å². The molecular formula is C13H24N2O. The Kier molecular flexibility index (Phi) is 3.24. The van der Waals surface area contributed by atoms with Crippen LogP contribution in [0, 0.1) is 5.92 Å². The van der Waals surface area contributed by atoms with Crippen LogP contribution < -0.4 is 5.32 Å². The van der Waals surface area contributed by atoms with Gasteiger partial charge in [-0.25, -0.2) is 0 Å². The SMILES string of the molecule is CNCC1CCCC2(CC2)N1C(=O)C(C)C. The molecule has 2 rings (SSSR count). The van der Waals surface area contributed by atoms with E-state index in [2.05, 4.69) is 10.2 Å². The summed E-state index contributed by atoms with van der Waals surface area (Å²) in [5, 5.41) is 3.23. The number of carbonyl (C=O) groups is 1. The van der Waals surface area contributed by atoms with Crippen molar-refractivity contribution in [2.45, 2.75) is 57.5 Å². The van der Waals surface area contributed by atoms with E-state index in [0.29, 0.717) is 11.9 Å². The normalized spacial score (nSPS) is 27.5. The summed E-state index contributed by atoms with van der Waals surface area (Å²) in [6, 6.07) is 0.427. The first-order valence-corrected chi connectivity index (χ1v) is 6.58. The van der Waals surface area contributed by atoms with Gasteiger partial charge in [-0.1, -0.05) is 13.8 Å². The molecule has 1 N–H and O–H groups in total. The quantitative estimate of drug-likeness (QED) is 0.792. The molecule has 1 saturated carbocycles. The van der Waals surface area contributed by atoms with Crippen molar-refractivity contribution in [2.75, 3.05) is 13.6 Å². The molecule has 1 unspecified atom stereocenters. The molecule has 1 atom stereocenters. The fourth-order valence-electron chi connectivity index (χ4n) is 3.06. The fourth-order valence-corrected chi connectivity index (χ4v) is 3.06. The summed E-state index contributed by atoms with van der Waals surface area (Å²) in [5.41, 5.74) is 0.265. The van der Waals surface area contributed by atoms with E-state index in [1.54, 1.807) is 0 Å². The Bertz CT molecular complexity index is 269. The number of amides is 1. The molecule has 3 heteroatoms. The van der Waals surface area contributed by atoms with Crippen LogP contribution in [0.15, 0.2) is 0 Å². The molecule has 0 aromatic rings. The molecule has 3 nitrogen and oxygen atoms in total. The first kappa shape index (κ1) is 11.9. The monoisotopic (exact) mass is 224 g/mol. The molecule has 0 aromatic heterocycles. The van der Waals surface area contributed by atoms with Crippen LogP contribution >= 0.6 is 0 Å². The van der Waals surface area contributed by atoms with Crippen molar-refractivity contribution in [3.05, 3.63) is 0 Å². The molecule has 16 heavy (non-hydrogen) atoms. The molecule has 1 saturated heterocycles. The Morgan fingerprint density at radius 3 is 2.62 bits per heavy atom. The summed E-state index contributed by atoms with van der Waals surface area (Å²) in [7, 11) is 1.98. The molecule has 92 valence electrons. The molecule has 2 aliphatic rings. The van der Waals surface area contributed by atoms with Crippen LogP contribution in [0.25, 0.3) is 0 Å². The second-order valence-corrected chi connectivity index (χ2v) is 5.69. The molecule has 1 spiro atoms. The number of rotatable bonds is 3. The third-order valence-corrected chi connectivity index (χ3v) is 4.05. The highest BCUT2D eigenvalue weighted by Crippen LogP contribution is 2.50. The van der Waals surface area contributed by atoms with Crippen molar-refractivity contribution in [3.63, 3.8) is 0 Å². The van der Waals surface area contributed by atoms with Gasteiger partial charge in [-0.15, -0.1) is 0 Å². The van der Waals surface area contributed by atoms with Gasteiger partial charge in [0, 0.05) is 24.0 Å². The molecular weight excluding hydrogens is 200 g/mol. The van der Waals surface area contributed by atoms with Crippen molar-refractivity contribution in [3.8, 4) is 0 Å². The number of hydrogen-bond donors (Lipinski definition) is 1. The molecule has 1 aliphatic carbocycles. The van der Waals surface area contributed by atoms with Gasteiger partial charge in [-0.2, -0.15) is 0 Å². The molecule has 1 amide bonds. The summed E-state index contributed by atoms with van der Waals surface area (Å²) >= 11 is 0. The summed E-state index contributed by atoms with van der Waals surface area (Å²) in [6.45, 7) is 4.98. The second kappa shape index (κ2) is 4.36. The third kappa shape index (κ3) is 1.97. The van der Waals surface area contributed by atoms with Crippen LogP contribution in [0.1, 0.15) is 46.0 Å². The van der Waals surface area contributed by atoms with Gasteiger partial charge in [-0.05, 0) is 39.2 Å². The van der Waals surface area contributed by atoms with E-state index in [9.17, 15) is 4.79 Å². The standard InChI is InChI=1S/C13H24N2O/c1-10(2)12(16)15-11(9-14-3)5-4-6-13(15)7-8-13/h10-11,14H,4-9H2,1-3H3. The Hall–Kier alpha value is -0.570. The topological polar surface area (TPSA) is 32.3 Å². The minimum absolute atomic E-state index is 0.134. The minimum Gasteiger partial charge on any atom is -0.333 e. The third-order valence-electron chi connectivity index (χ3n) is 4.05. The maximum atomic E-state index is 12.3. The highest BCUT2D eigenvalue weighted by molar-refractivity contribution is 5.80. The van der Waals surface area contributed by atoms with Crippen LogP contribution in [0.4, 0.5) is 0 Å². The number of likely N-dealkylation sites (N-methyl/N-ethyl adjacent to an activating group) is 1. The summed E-state index contributed by atoms with van der Waals surface area (Å²) in [5.74, 6) is 0.493. The van der Waals surface area contributed by atoms with Crippen molar-refractivity contribution in [1.82, 2.24) is 10.2 Å². The smallest absolute Gasteiger partial charge is 0.225 e. The summed E-state index contributed by atoms with van der Waals surface area (Å²) < 4.78 is 0. The first-order valence-electron chi connectivity index (χ1n) is 6.58. The van der Waals surface area contributed by atoms with Gasteiger partial charge in [0.15, 0.2) is 0 Å². The predicted molar refractivity (Wildman–Crippen MR) is 65.2 cm³/mol. The van der Waals surface area contributed by atoms with Gasteiger partial charge >= 0.3 is 0 Å². The van der Waals surface area contributed by atoms with E-state index in [-0.39, 0.29) is 11.5 Å². The van der Waals surface area contributed by atoms with Gasteiger partial charge in [0.25, 0.3) is 0 Å². The second-order valence-electron chi connectivity index (χ2n) is 5.69. The van der Waals surface area contributed by atoms with Crippen LogP contribution in [-0.2, 0) is 4.79 Å². The van der Waals surface area contributed by atoms with E-state index in [1.807, 2.05) is 20.9 Å². The average Bonchev–Trinajstić information content (AvgIpc) is 2.98. The van der Waals surface area contributed by atoms with Crippen molar-refractivity contribution >= 4 is 5.91 Å². The van der Waals surface area contributed by atoms with E-state index in [0.717, 1.165) is 6.54 Å². The van der Waals surface area contributed by atoms with E-state index in [4.69, 9.17) is 0 Å². The zero-order valence-electron chi connectivity index (χ0n) is 10.8. The van der Waals surface area contributed by atoms with Gasteiger partial charge in [0.2, 0.25) is 5.91 Å². The summed E-state index contributed by atoms with van der Waals surface area (Å²) in [4.78, 5) is 14.6. The number of piperidine rings is 1. The lowest BCUT2D eigenvalue weighted by Crippen LogP contribution is -2.55. The van der Waals surface area contributed by atoms with Crippen LogP contribution in [0.2, 0.25) is 0 Å². The van der Waals surface area contributed by atoms with E-state index < -0.39 is 0 Å². The van der Waals surface area contributed by atoms with Crippen LogP contribution in [-0.4, -0.2) is 36.0 Å². The fraction of sp³-hybridized carbons (Fsp3) is 0.923. The predicted octanol–water partition coefficient (Wildman–Crippen LogP) is 1.78. The Balaban J connectivity index is 2.15. The van der Waals surface area contributed by atoms with Crippen molar-refractivity contribution in [1.29, 1.82) is 0 Å². The number of hydrogen-bond acceptors (Lipinski definition) is 2. The number of nitrogens with zero attached hydrogens (tertiary/aromatic N) is 1. The maximum Gasteiger partial charge on any atom is 0.225 e. The molecule has 1 aliphatic heterocycles. The molecule has 0 bridgehead atoms. The lowest BCUT2D eigenvalue weighted by atomic mass is 9.92.